The lowest BCUT2D eigenvalue weighted by Gasteiger charge is -2.13. The van der Waals surface area contributed by atoms with Gasteiger partial charge in [0.25, 0.3) is 0 Å². The predicted octanol–water partition coefficient (Wildman–Crippen LogP) is 1.07. The minimum Gasteiger partial charge on any atom is -0.347 e. The van der Waals surface area contributed by atoms with Gasteiger partial charge < -0.3 is 9.47 Å². The van der Waals surface area contributed by atoms with E-state index in [-0.39, 0.29) is 0 Å². The van der Waals surface area contributed by atoms with Crippen molar-refractivity contribution in [1.29, 1.82) is 0 Å². The topological polar surface area (TPSA) is 67.0 Å². The van der Waals surface area contributed by atoms with Crippen LogP contribution in [0.2, 0.25) is 0 Å². The fraction of sp³-hybridized carbons (Fsp3) is 0.545. The van der Waals surface area contributed by atoms with Crippen molar-refractivity contribution in [1.82, 2.24) is 24.8 Å². The molecule has 0 aliphatic rings. The summed E-state index contributed by atoms with van der Waals surface area (Å²) < 4.78 is 14.3. The van der Waals surface area contributed by atoms with E-state index in [1.807, 2.05) is 27.1 Å². The van der Waals surface area contributed by atoms with Crippen LogP contribution in [0.15, 0.2) is 18.6 Å². The van der Waals surface area contributed by atoms with E-state index in [1.54, 1.807) is 21.8 Å². The van der Waals surface area contributed by atoms with E-state index in [9.17, 15) is 0 Å². The standard InChI is InChI=1S/C11H17N5O2/c1-4-17-11(18-5-2)10-8-16(14-13-10)9-6-12-15(3)7-9/h6-8,11H,4-5H2,1-3H3. The van der Waals surface area contributed by atoms with Crippen molar-refractivity contribution in [3.8, 4) is 5.69 Å². The van der Waals surface area contributed by atoms with Crippen molar-refractivity contribution in [3.05, 3.63) is 24.3 Å². The maximum Gasteiger partial charge on any atom is 0.204 e. The van der Waals surface area contributed by atoms with Crippen LogP contribution in [0, 0.1) is 0 Å². The summed E-state index contributed by atoms with van der Waals surface area (Å²) in [5.74, 6) is 0. The van der Waals surface area contributed by atoms with Gasteiger partial charge in [0.2, 0.25) is 6.29 Å². The summed E-state index contributed by atoms with van der Waals surface area (Å²) in [7, 11) is 1.85. The number of nitrogens with zero attached hydrogens (tertiary/aromatic N) is 5. The highest BCUT2D eigenvalue weighted by Gasteiger charge is 2.16. The fourth-order valence-corrected chi connectivity index (χ4v) is 1.56. The van der Waals surface area contributed by atoms with Crippen LogP contribution < -0.4 is 0 Å². The van der Waals surface area contributed by atoms with Crippen LogP contribution in [-0.4, -0.2) is 38.0 Å². The van der Waals surface area contributed by atoms with E-state index in [2.05, 4.69) is 15.4 Å². The van der Waals surface area contributed by atoms with Gasteiger partial charge in [-0.25, -0.2) is 4.68 Å². The third-order valence-corrected chi connectivity index (χ3v) is 2.34. The molecule has 0 saturated heterocycles. The lowest BCUT2D eigenvalue weighted by Crippen LogP contribution is -2.09. The maximum absolute atomic E-state index is 5.46. The molecule has 2 heterocycles. The van der Waals surface area contributed by atoms with Gasteiger partial charge in [-0.05, 0) is 13.8 Å². The van der Waals surface area contributed by atoms with Crippen LogP contribution in [-0.2, 0) is 16.5 Å². The Morgan fingerprint density at radius 2 is 1.94 bits per heavy atom. The molecule has 0 atom stereocenters. The van der Waals surface area contributed by atoms with E-state index in [1.165, 1.54) is 0 Å². The van der Waals surface area contributed by atoms with Gasteiger partial charge in [0.1, 0.15) is 11.4 Å². The Bertz CT molecular complexity index is 487. The first-order valence-electron chi connectivity index (χ1n) is 5.89. The van der Waals surface area contributed by atoms with Crippen LogP contribution in [0.25, 0.3) is 5.69 Å². The summed E-state index contributed by atoms with van der Waals surface area (Å²) in [5.41, 5.74) is 1.51. The van der Waals surface area contributed by atoms with Crippen molar-refractivity contribution in [2.45, 2.75) is 20.1 Å². The minimum atomic E-state index is -0.467. The Kier molecular flexibility index (Phi) is 4.06. The highest BCUT2D eigenvalue weighted by atomic mass is 16.7. The van der Waals surface area contributed by atoms with Crippen molar-refractivity contribution in [2.75, 3.05) is 13.2 Å². The lowest BCUT2D eigenvalue weighted by molar-refractivity contribution is -0.142. The van der Waals surface area contributed by atoms with Crippen molar-refractivity contribution in [2.24, 2.45) is 7.05 Å². The van der Waals surface area contributed by atoms with Crippen LogP contribution in [0.5, 0.6) is 0 Å². The van der Waals surface area contributed by atoms with Gasteiger partial charge in [-0.2, -0.15) is 5.10 Å². The van der Waals surface area contributed by atoms with E-state index in [0.29, 0.717) is 18.9 Å². The maximum atomic E-state index is 5.46. The summed E-state index contributed by atoms with van der Waals surface area (Å²) in [5, 5.41) is 12.2. The molecule has 7 heteroatoms. The number of hydrogen-bond donors (Lipinski definition) is 0. The summed E-state index contributed by atoms with van der Waals surface area (Å²) in [4.78, 5) is 0. The van der Waals surface area contributed by atoms with E-state index in [0.717, 1.165) is 5.69 Å². The highest BCUT2D eigenvalue weighted by Crippen LogP contribution is 2.17. The number of aryl methyl sites for hydroxylation is 1. The molecule has 2 rings (SSSR count). The molecule has 7 nitrogen and oxygen atoms in total. The molecule has 0 radical (unpaired) electrons. The first-order chi connectivity index (χ1) is 8.74. The lowest BCUT2D eigenvalue weighted by atomic mass is 10.4. The van der Waals surface area contributed by atoms with Crippen molar-refractivity contribution >= 4 is 0 Å². The molecule has 0 unspecified atom stereocenters. The van der Waals surface area contributed by atoms with Crippen LogP contribution in [0.4, 0.5) is 0 Å². The average Bonchev–Trinajstić information content (AvgIpc) is 2.97. The van der Waals surface area contributed by atoms with Gasteiger partial charge in [0.15, 0.2) is 0 Å². The molecule has 98 valence electrons. The SMILES string of the molecule is CCOC(OCC)c1cn(-c2cnn(C)c2)nn1. The smallest absolute Gasteiger partial charge is 0.204 e. The molecule has 0 aliphatic heterocycles. The van der Waals surface area contributed by atoms with Crippen LogP contribution >= 0.6 is 0 Å². The second-order valence-corrected chi connectivity index (χ2v) is 3.70. The number of hydrogen-bond acceptors (Lipinski definition) is 5. The molecule has 2 aromatic heterocycles. The first kappa shape index (κ1) is 12.7. The number of rotatable bonds is 6. The van der Waals surface area contributed by atoms with Crippen LogP contribution in [0.3, 0.4) is 0 Å². The van der Waals surface area contributed by atoms with E-state index >= 15 is 0 Å². The quantitative estimate of drug-likeness (QED) is 0.718. The Morgan fingerprint density at radius 1 is 1.22 bits per heavy atom. The zero-order chi connectivity index (χ0) is 13.0. The van der Waals surface area contributed by atoms with Gasteiger partial charge in [0, 0.05) is 20.3 Å². The molecule has 0 saturated carbocycles. The van der Waals surface area contributed by atoms with Gasteiger partial charge in [-0.3, -0.25) is 4.68 Å². The monoisotopic (exact) mass is 251 g/mol. The van der Waals surface area contributed by atoms with Gasteiger partial charge in [-0.1, -0.05) is 5.21 Å². The normalized spacial score (nSPS) is 11.3. The molecular weight excluding hydrogens is 234 g/mol. The van der Waals surface area contributed by atoms with Crippen molar-refractivity contribution in [3.63, 3.8) is 0 Å². The van der Waals surface area contributed by atoms with Crippen LogP contribution in [0.1, 0.15) is 25.8 Å². The van der Waals surface area contributed by atoms with E-state index in [4.69, 9.17) is 9.47 Å². The Balaban J connectivity index is 2.18. The highest BCUT2D eigenvalue weighted by molar-refractivity contribution is 5.23. The molecule has 0 spiro atoms. The molecule has 0 amide bonds. The zero-order valence-electron chi connectivity index (χ0n) is 10.8. The summed E-state index contributed by atoms with van der Waals surface area (Å²) >= 11 is 0. The van der Waals surface area contributed by atoms with Gasteiger partial charge in [-0.15, -0.1) is 5.10 Å². The molecule has 2 aromatic rings. The average molecular weight is 251 g/mol. The second-order valence-electron chi connectivity index (χ2n) is 3.70. The largest absolute Gasteiger partial charge is 0.347 e. The molecule has 18 heavy (non-hydrogen) atoms. The molecular formula is C11H17N5O2. The van der Waals surface area contributed by atoms with E-state index < -0.39 is 6.29 Å². The summed E-state index contributed by atoms with van der Waals surface area (Å²) in [6.45, 7) is 4.95. The Morgan fingerprint density at radius 3 is 2.50 bits per heavy atom. The second kappa shape index (κ2) is 5.74. The Hall–Kier alpha value is -1.73. The molecule has 0 aliphatic carbocycles. The third-order valence-electron chi connectivity index (χ3n) is 2.34. The summed E-state index contributed by atoms with van der Waals surface area (Å²) in [6, 6.07) is 0. The minimum absolute atomic E-state index is 0.467. The molecule has 0 aromatic carbocycles. The number of aromatic nitrogens is 5. The zero-order valence-corrected chi connectivity index (χ0v) is 10.8. The third kappa shape index (κ3) is 2.74. The number of ether oxygens (including phenoxy) is 2. The summed E-state index contributed by atoms with van der Waals surface area (Å²) in [6.07, 6.45) is 4.89. The predicted molar refractivity (Wildman–Crippen MR) is 64.1 cm³/mol. The van der Waals surface area contributed by atoms with Crippen molar-refractivity contribution < 1.29 is 9.47 Å². The van der Waals surface area contributed by atoms with Gasteiger partial charge in [0.05, 0.1) is 18.6 Å². The van der Waals surface area contributed by atoms with Gasteiger partial charge >= 0.3 is 0 Å². The molecule has 0 bridgehead atoms. The first-order valence-corrected chi connectivity index (χ1v) is 5.89. The molecule has 0 fully saturated rings. The molecule has 0 N–H and O–H groups in total. The fourth-order valence-electron chi connectivity index (χ4n) is 1.56. The Labute approximate surface area is 105 Å².